The third-order valence-electron chi connectivity index (χ3n) is 18.5. The molecule has 2 aromatic carbocycles. The summed E-state index contributed by atoms with van der Waals surface area (Å²) in [4.78, 5) is 35.5. The number of anilines is 2. The standard InChI is InChI=1S/C39H64N7O2P.C20H28N7O2P.C19H36.N3.Na/c1-5-7-9-10-11-12-13-14-15-16-17-18-19-20-21-24-32-31-45(44-43-32)28-22-23-29-48-46-36(25-8-6-2)42-37-38(46)34-27-26-33(49(3,4)47)30-35(34)41-39(37)40;1-4-5-8-17-25-18-19(27(17)29-12-7-6-11-23-26-22)15-10-9-14(30(2,3)28)13-16(15)24-20(18)21;1-3-5-7-9-11-13-15-17-19-18-16-14-12-10-8-6-4-2;1-3-2;/h26-27,30-31H,5-25,28-29H2,1-4H3,(H2,40,41);9-10,13H,4-8,11-12H2,1-3H3,(H2,21,24);1H,4-19H2,2H3;;/q;;;-1;+1. The van der Waals surface area contributed by atoms with E-state index in [1.54, 1.807) is 31.4 Å². The first kappa shape index (κ1) is 90.4. The fourth-order valence-corrected chi connectivity index (χ4v) is 14.2. The van der Waals surface area contributed by atoms with Gasteiger partial charge >= 0.3 is 29.6 Å². The number of hydrogen-bond acceptors (Lipinski definition) is 13. The Morgan fingerprint density at radius 3 is 1.25 bits per heavy atom. The molecule has 0 aliphatic heterocycles. The molecule has 21 nitrogen and oxygen atoms in total. The predicted octanol–water partition coefficient (Wildman–Crippen LogP) is 18.7. The van der Waals surface area contributed by atoms with E-state index >= 15 is 0 Å². The van der Waals surface area contributed by atoms with Crippen LogP contribution < -0.4 is 61.3 Å². The summed E-state index contributed by atoms with van der Waals surface area (Å²) in [6, 6.07) is 11.4. The number of imidazole rings is 2. The predicted molar refractivity (Wildman–Crippen MR) is 427 cm³/mol. The molecule has 0 radical (unpaired) electrons. The molecular weight excluding hydrogens is 1320 g/mol. The number of unbranched alkanes of at least 4 members (excludes halogenated alkanes) is 33. The number of azide groups is 1. The summed E-state index contributed by atoms with van der Waals surface area (Å²) < 4.78 is 30.9. The van der Waals surface area contributed by atoms with Gasteiger partial charge in [0.05, 0.1) is 16.7 Å². The zero-order valence-electron chi connectivity index (χ0n) is 64.5. The van der Waals surface area contributed by atoms with Crippen molar-refractivity contribution in [2.45, 2.75) is 304 Å². The Balaban J connectivity index is 0.000000432. The Morgan fingerprint density at radius 2 is 0.873 bits per heavy atom. The van der Waals surface area contributed by atoms with Crippen molar-refractivity contribution in [1.82, 2.24) is 44.4 Å². The van der Waals surface area contributed by atoms with E-state index in [0.29, 0.717) is 53.5 Å². The van der Waals surface area contributed by atoms with E-state index in [4.69, 9.17) is 54.1 Å². The number of nitrogen functional groups attached to an aromatic ring is 2. The molecular formula is C78H128N17NaO4P2. The van der Waals surface area contributed by atoms with E-state index in [1.807, 2.05) is 45.8 Å². The Morgan fingerprint density at radius 1 is 0.500 bits per heavy atom. The number of pyridine rings is 2. The first-order valence-electron chi connectivity index (χ1n) is 38.9. The molecule has 4 N–H and O–H groups in total. The van der Waals surface area contributed by atoms with Gasteiger partial charge in [-0.25, -0.2) is 19.9 Å². The van der Waals surface area contributed by atoms with E-state index in [-0.39, 0.29) is 29.6 Å². The maximum atomic E-state index is 12.7. The monoisotopic (exact) mass is 1450 g/mol. The van der Waals surface area contributed by atoms with Crippen molar-refractivity contribution in [2.24, 2.45) is 5.11 Å². The second kappa shape index (κ2) is 53.9. The fraction of sp³-hybridized carbons (Fsp3) is 0.692. The van der Waals surface area contributed by atoms with E-state index in [1.165, 1.54) is 198 Å². The van der Waals surface area contributed by atoms with Gasteiger partial charge in [-0.1, -0.05) is 243 Å². The molecule has 560 valence electrons. The number of fused-ring (bicyclic) bond motifs is 6. The first-order valence-corrected chi connectivity index (χ1v) is 44.1. The zero-order valence-corrected chi connectivity index (χ0v) is 68.3. The van der Waals surface area contributed by atoms with Crippen LogP contribution >= 0.6 is 14.3 Å². The number of aromatic nitrogens is 9. The number of terminal acetylenes is 1. The summed E-state index contributed by atoms with van der Waals surface area (Å²) in [6.45, 7) is 18.2. The van der Waals surface area contributed by atoms with E-state index in [9.17, 15) is 9.13 Å². The molecule has 5 aromatic heterocycles. The fourth-order valence-electron chi connectivity index (χ4n) is 12.5. The van der Waals surface area contributed by atoms with Crippen molar-refractivity contribution >= 4 is 80.4 Å². The van der Waals surface area contributed by atoms with Crippen LogP contribution in [0.25, 0.3) is 70.3 Å². The van der Waals surface area contributed by atoms with Gasteiger partial charge in [-0.2, -0.15) is 9.46 Å². The van der Waals surface area contributed by atoms with Gasteiger partial charge in [0, 0.05) is 64.8 Å². The smallest absolute Gasteiger partial charge is 0.412 e. The number of nitrogens with zero attached hydrogens (tertiary/aromatic N) is 15. The molecule has 0 spiro atoms. The Kier molecular flexibility index (Phi) is 47.7. The first-order chi connectivity index (χ1) is 49.0. The van der Waals surface area contributed by atoms with Gasteiger partial charge in [0.15, 0.2) is 11.6 Å². The molecule has 0 amide bonds. The molecule has 0 bridgehead atoms. The third-order valence-corrected chi connectivity index (χ3v) is 21.5. The molecule has 0 saturated carbocycles. The number of rotatable bonds is 51. The molecule has 0 aliphatic rings. The SMILES string of the molecule is C#CCCCCCCCCCCCCCCCCC.CCCCCCCCCCCCCCCCCc1cn(CCCCOn2c(CCCC)nc3c(N)nc4cc(P(C)(C)=O)ccc4c32)nn1.CCCCc1nc2c(N)nc3cc(P(C)(C)=O)ccc3c2n1OCCCCN=[N+]=[N-].[N-]=[N+]=[N-].[Na+]. The van der Waals surface area contributed by atoms with E-state index in [0.717, 1.165) is 133 Å². The topological polar surface area (TPSA) is 304 Å². The molecule has 0 aliphatic carbocycles. The largest absolute Gasteiger partial charge is 1.00 e. The van der Waals surface area contributed by atoms with Crippen molar-refractivity contribution in [1.29, 1.82) is 0 Å². The Hall–Kier alpha value is -5.82. The molecule has 7 aromatic rings. The maximum absolute atomic E-state index is 12.7. The quantitative estimate of drug-likeness (QED) is 0.00684. The minimum absolute atomic E-state index is 0. The van der Waals surface area contributed by atoms with Crippen molar-refractivity contribution in [2.75, 3.05) is 57.9 Å². The van der Waals surface area contributed by atoms with Crippen molar-refractivity contribution in [3.8, 4) is 12.3 Å². The average molecular weight is 1450 g/mol. The van der Waals surface area contributed by atoms with Crippen LogP contribution in [0.3, 0.4) is 0 Å². The van der Waals surface area contributed by atoms with Crippen LogP contribution in [0.5, 0.6) is 0 Å². The van der Waals surface area contributed by atoms with Crippen LogP contribution in [-0.4, -0.2) is 90.8 Å². The number of nitrogens with two attached hydrogens (primary N) is 2. The summed E-state index contributed by atoms with van der Waals surface area (Å²) in [5.74, 6) is 5.08. The minimum atomic E-state index is -2.43. The van der Waals surface area contributed by atoms with Crippen LogP contribution in [0, 0.1) is 12.3 Å². The number of aryl methyl sites for hydroxylation is 4. The van der Waals surface area contributed by atoms with Gasteiger partial charge in [0.1, 0.15) is 61.2 Å². The summed E-state index contributed by atoms with van der Waals surface area (Å²) in [7, 11) is -4.85. The van der Waals surface area contributed by atoms with Crippen LogP contribution in [-0.2, 0) is 34.9 Å². The molecule has 0 atom stereocenters. The van der Waals surface area contributed by atoms with Gasteiger partial charge < -0.3 is 41.3 Å². The van der Waals surface area contributed by atoms with Crippen LogP contribution in [0.15, 0.2) is 47.7 Å². The summed E-state index contributed by atoms with van der Waals surface area (Å²) in [5, 5.41) is 15.7. The summed E-state index contributed by atoms with van der Waals surface area (Å²) >= 11 is 0. The summed E-state index contributed by atoms with van der Waals surface area (Å²) in [5.41, 5.74) is 39.9. The maximum Gasteiger partial charge on any atom is 1.00 e. The van der Waals surface area contributed by atoms with Gasteiger partial charge in [0.2, 0.25) is 0 Å². The minimum Gasteiger partial charge on any atom is -0.412 e. The Labute approximate surface area is 634 Å². The van der Waals surface area contributed by atoms with Crippen LogP contribution in [0.1, 0.15) is 295 Å². The van der Waals surface area contributed by atoms with E-state index < -0.39 is 14.3 Å². The van der Waals surface area contributed by atoms with Gasteiger partial charge in [0.25, 0.3) is 0 Å². The molecule has 24 heteroatoms. The van der Waals surface area contributed by atoms with Crippen molar-refractivity contribution in [3.63, 3.8) is 0 Å². The second-order valence-electron chi connectivity index (χ2n) is 28.0. The molecule has 7 rings (SSSR count). The van der Waals surface area contributed by atoms with E-state index in [2.05, 4.69) is 70.1 Å². The average Bonchev–Trinajstić information content (AvgIpc) is 1.58. The molecule has 102 heavy (non-hydrogen) atoms. The van der Waals surface area contributed by atoms with Crippen molar-refractivity contribution < 1.29 is 48.4 Å². The normalized spacial score (nSPS) is 11.3. The van der Waals surface area contributed by atoms with Gasteiger partial charge in [-0.15, -0.1) is 17.4 Å². The van der Waals surface area contributed by atoms with Gasteiger partial charge in [-0.3, -0.25) is 9.59 Å². The van der Waals surface area contributed by atoms with Crippen LogP contribution in [0.2, 0.25) is 0 Å². The second-order valence-corrected chi connectivity index (χ2v) is 34.5. The van der Waals surface area contributed by atoms with Gasteiger partial charge in [-0.05, 0) is 114 Å². The molecule has 0 fully saturated rings. The van der Waals surface area contributed by atoms with Crippen molar-refractivity contribution in [3.05, 3.63) is 86.4 Å². The van der Waals surface area contributed by atoms with Crippen LogP contribution in [0.4, 0.5) is 11.6 Å². The molecule has 0 saturated heterocycles. The number of benzene rings is 2. The molecule has 5 heterocycles. The summed E-state index contributed by atoms with van der Waals surface area (Å²) in [6.07, 6.45) is 60.3. The number of hydrogen-bond donors (Lipinski definition) is 2. The zero-order chi connectivity index (χ0) is 73.4. The Bertz CT molecular complexity index is 3670. The molecule has 0 unspecified atom stereocenters. The third kappa shape index (κ3) is 34.4.